The molecular weight excluding hydrogens is 366 g/mol. The van der Waals surface area contributed by atoms with Gasteiger partial charge in [-0.05, 0) is 54.6 Å². The molecule has 2 aromatic carbocycles. The molecule has 29 heavy (non-hydrogen) atoms. The summed E-state index contributed by atoms with van der Waals surface area (Å²) < 4.78 is 0. The highest BCUT2D eigenvalue weighted by Crippen LogP contribution is 2.21. The number of hydrogen-bond donors (Lipinski definition) is 3. The van der Waals surface area contributed by atoms with E-state index in [1.807, 2.05) is 43.3 Å². The zero-order valence-corrected chi connectivity index (χ0v) is 16.6. The van der Waals surface area contributed by atoms with E-state index >= 15 is 0 Å². The SMILES string of the molecule is CC(=O)Nc1ccc(NC(=O)c2cncc(Nc3ccc(N(C)C)cc3)c2)cc1. The molecule has 3 aromatic rings. The van der Waals surface area contributed by atoms with E-state index in [1.54, 1.807) is 36.5 Å². The first-order valence-electron chi connectivity index (χ1n) is 9.09. The summed E-state index contributed by atoms with van der Waals surface area (Å²) in [5, 5.41) is 8.76. The zero-order valence-electron chi connectivity index (χ0n) is 16.6. The number of aromatic nitrogens is 1. The van der Waals surface area contributed by atoms with Crippen LogP contribution in [0.3, 0.4) is 0 Å². The van der Waals surface area contributed by atoms with Gasteiger partial charge in [-0.25, -0.2) is 0 Å². The van der Waals surface area contributed by atoms with E-state index in [0.717, 1.165) is 17.1 Å². The maximum absolute atomic E-state index is 12.5. The molecule has 3 rings (SSSR count). The zero-order chi connectivity index (χ0) is 20.8. The van der Waals surface area contributed by atoms with Gasteiger partial charge >= 0.3 is 0 Å². The molecule has 3 N–H and O–H groups in total. The average molecular weight is 389 g/mol. The quantitative estimate of drug-likeness (QED) is 0.591. The Morgan fingerprint density at radius 2 is 1.38 bits per heavy atom. The second-order valence-corrected chi connectivity index (χ2v) is 6.74. The van der Waals surface area contributed by atoms with Gasteiger partial charge in [-0.1, -0.05) is 0 Å². The Kier molecular flexibility index (Phi) is 6.09. The Hall–Kier alpha value is -3.87. The molecule has 148 valence electrons. The average Bonchev–Trinajstić information content (AvgIpc) is 2.70. The summed E-state index contributed by atoms with van der Waals surface area (Å²) in [6.45, 7) is 1.44. The lowest BCUT2D eigenvalue weighted by Crippen LogP contribution is -2.12. The van der Waals surface area contributed by atoms with Crippen molar-refractivity contribution in [1.82, 2.24) is 4.98 Å². The Bertz CT molecular complexity index is 998. The molecule has 1 heterocycles. The van der Waals surface area contributed by atoms with E-state index in [4.69, 9.17) is 0 Å². The predicted molar refractivity (Wildman–Crippen MR) is 117 cm³/mol. The van der Waals surface area contributed by atoms with Crippen molar-refractivity contribution in [2.45, 2.75) is 6.92 Å². The Morgan fingerprint density at radius 1 is 0.793 bits per heavy atom. The van der Waals surface area contributed by atoms with E-state index in [-0.39, 0.29) is 11.8 Å². The number of rotatable bonds is 6. The largest absolute Gasteiger partial charge is 0.378 e. The molecule has 0 atom stereocenters. The van der Waals surface area contributed by atoms with Gasteiger partial charge in [-0.2, -0.15) is 0 Å². The van der Waals surface area contributed by atoms with Crippen LogP contribution in [-0.4, -0.2) is 30.9 Å². The molecular formula is C22H23N5O2. The molecule has 0 radical (unpaired) electrons. The van der Waals surface area contributed by atoms with Crippen molar-refractivity contribution in [2.24, 2.45) is 0 Å². The number of anilines is 5. The summed E-state index contributed by atoms with van der Waals surface area (Å²) in [5.41, 5.74) is 4.46. The standard InChI is InChI=1S/C22H23N5O2/c1-15(28)24-17-4-6-19(7-5-17)26-22(29)16-12-20(14-23-13-16)25-18-8-10-21(11-9-18)27(2)3/h4-14,25H,1-3H3,(H,24,28)(H,26,29). The van der Waals surface area contributed by atoms with Gasteiger partial charge in [-0.15, -0.1) is 0 Å². The van der Waals surface area contributed by atoms with Crippen LogP contribution in [0.15, 0.2) is 67.0 Å². The Balaban J connectivity index is 1.66. The fourth-order valence-corrected chi connectivity index (χ4v) is 2.69. The van der Waals surface area contributed by atoms with Crippen molar-refractivity contribution < 1.29 is 9.59 Å². The summed E-state index contributed by atoms with van der Waals surface area (Å²) in [5.74, 6) is -0.412. The number of amides is 2. The first-order chi connectivity index (χ1) is 13.9. The minimum atomic E-state index is -0.267. The van der Waals surface area contributed by atoms with Crippen LogP contribution in [0.2, 0.25) is 0 Å². The highest BCUT2D eigenvalue weighted by molar-refractivity contribution is 6.04. The van der Waals surface area contributed by atoms with Crippen molar-refractivity contribution in [2.75, 3.05) is 34.9 Å². The summed E-state index contributed by atoms with van der Waals surface area (Å²) in [6.07, 6.45) is 3.18. The highest BCUT2D eigenvalue weighted by Gasteiger charge is 2.08. The molecule has 0 spiro atoms. The molecule has 7 heteroatoms. The second-order valence-electron chi connectivity index (χ2n) is 6.74. The normalized spacial score (nSPS) is 10.2. The van der Waals surface area contributed by atoms with E-state index in [1.165, 1.54) is 13.1 Å². The number of nitrogens with one attached hydrogen (secondary N) is 3. The van der Waals surface area contributed by atoms with Crippen molar-refractivity contribution in [3.8, 4) is 0 Å². The molecule has 7 nitrogen and oxygen atoms in total. The van der Waals surface area contributed by atoms with Crippen LogP contribution < -0.4 is 20.9 Å². The number of pyridine rings is 1. The van der Waals surface area contributed by atoms with Crippen LogP contribution in [0, 0.1) is 0 Å². The first-order valence-corrected chi connectivity index (χ1v) is 9.09. The molecule has 0 aliphatic carbocycles. The molecule has 0 bridgehead atoms. The smallest absolute Gasteiger partial charge is 0.257 e. The minimum absolute atomic E-state index is 0.145. The predicted octanol–water partition coefficient (Wildman–Crippen LogP) is 4.10. The lowest BCUT2D eigenvalue weighted by molar-refractivity contribution is -0.114. The summed E-state index contributed by atoms with van der Waals surface area (Å²) in [6, 6.07) is 16.6. The van der Waals surface area contributed by atoms with E-state index < -0.39 is 0 Å². The maximum atomic E-state index is 12.5. The van der Waals surface area contributed by atoms with E-state index in [0.29, 0.717) is 16.9 Å². The Labute approximate surface area is 169 Å². The van der Waals surface area contributed by atoms with Crippen LogP contribution in [0.4, 0.5) is 28.4 Å². The number of carbonyl (C=O) groups is 2. The second kappa shape index (κ2) is 8.88. The van der Waals surface area contributed by atoms with Gasteiger partial charge in [0.25, 0.3) is 5.91 Å². The molecule has 0 unspecified atom stereocenters. The van der Waals surface area contributed by atoms with Gasteiger partial charge in [0.15, 0.2) is 0 Å². The van der Waals surface area contributed by atoms with Gasteiger partial charge in [0.05, 0.1) is 17.4 Å². The van der Waals surface area contributed by atoms with Crippen molar-refractivity contribution in [3.05, 3.63) is 72.6 Å². The molecule has 1 aromatic heterocycles. The van der Waals surface area contributed by atoms with Gasteiger partial charge in [0.2, 0.25) is 5.91 Å². The lowest BCUT2D eigenvalue weighted by Gasteiger charge is -2.13. The molecule has 0 fully saturated rings. The van der Waals surface area contributed by atoms with Crippen molar-refractivity contribution in [1.29, 1.82) is 0 Å². The van der Waals surface area contributed by atoms with Crippen LogP contribution in [0.1, 0.15) is 17.3 Å². The highest BCUT2D eigenvalue weighted by atomic mass is 16.2. The van der Waals surface area contributed by atoms with Crippen LogP contribution in [-0.2, 0) is 4.79 Å². The van der Waals surface area contributed by atoms with Crippen LogP contribution in [0.25, 0.3) is 0 Å². The number of nitrogens with zero attached hydrogens (tertiary/aromatic N) is 2. The summed E-state index contributed by atoms with van der Waals surface area (Å²) >= 11 is 0. The van der Waals surface area contributed by atoms with Crippen molar-refractivity contribution >= 4 is 40.3 Å². The molecule has 0 aliphatic heterocycles. The van der Waals surface area contributed by atoms with E-state index in [9.17, 15) is 9.59 Å². The van der Waals surface area contributed by atoms with Gasteiger partial charge in [0.1, 0.15) is 0 Å². The third kappa shape index (κ3) is 5.55. The minimum Gasteiger partial charge on any atom is -0.378 e. The molecule has 0 saturated carbocycles. The molecule has 0 saturated heterocycles. The Morgan fingerprint density at radius 3 is 1.97 bits per heavy atom. The van der Waals surface area contributed by atoms with Crippen LogP contribution in [0.5, 0.6) is 0 Å². The van der Waals surface area contributed by atoms with Crippen LogP contribution >= 0.6 is 0 Å². The maximum Gasteiger partial charge on any atom is 0.257 e. The first kappa shape index (κ1) is 19.9. The fraction of sp³-hybridized carbons (Fsp3) is 0.136. The third-order valence-corrected chi connectivity index (χ3v) is 4.14. The number of benzene rings is 2. The third-order valence-electron chi connectivity index (χ3n) is 4.14. The number of carbonyl (C=O) groups excluding carboxylic acids is 2. The lowest BCUT2D eigenvalue weighted by atomic mass is 10.2. The number of hydrogen-bond acceptors (Lipinski definition) is 5. The monoisotopic (exact) mass is 389 g/mol. The summed E-state index contributed by atoms with van der Waals surface area (Å²) in [4.78, 5) is 29.8. The topological polar surface area (TPSA) is 86.4 Å². The van der Waals surface area contributed by atoms with Gasteiger partial charge < -0.3 is 20.9 Å². The van der Waals surface area contributed by atoms with Crippen molar-refractivity contribution in [3.63, 3.8) is 0 Å². The molecule has 0 aliphatic rings. The fourth-order valence-electron chi connectivity index (χ4n) is 2.69. The van der Waals surface area contributed by atoms with E-state index in [2.05, 4.69) is 20.9 Å². The van der Waals surface area contributed by atoms with Gasteiger partial charge in [-0.3, -0.25) is 14.6 Å². The van der Waals surface area contributed by atoms with Gasteiger partial charge in [0, 0.05) is 50.0 Å². The summed E-state index contributed by atoms with van der Waals surface area (Å²) in [7, 11) is 3.98. The molecule has 2 amide bonds.